The number of aromatic amines is 1. The van der Waals surface area contributed by atoms with Gasteiger partial charge in [0.05, 0.1) is 43.7 Å². The smallest absolute Gasteiger partial charge is 0.326 e. The van der Waals surface area contributed by atoms with Crippen LogP contribution < -0.4 is 110 Å². The summed E-state index contributed by atoms with van der Waals surface area (Å²) in [4.78, 5) is 189. The number of hydrogen-bond acceptors (Lipinski definition) is 23. The van der Waals surface area contributed by atoms with Gasteiger partial charge in [0.25, 0.3) is 0 Å². The molecule has 2 aromatic rings. The molecule has 1 aromatic heterocycles. The number of nitrogens with two attached hydrogens (primary N) is 9. The zero-order chi connectivity index (χ0) is 74.6. The quantitative estimate of drug-likeness (QED) is 0.0225. The van der Waals surface area contributed by atoms with Crippen molar-refractivity contribution in [3.05, 3.63) is 48.0 Å². The van der Waals surface area contributed by atoms with Crippen LogP contribution in [0.15, 0.2) is 56.8 Å². The lowest BCUT2D eigenvalue weighted by atomic mass is 9.83. The summed E-state index contributed by atoms with van der Waals surface area (Å²) in [5, 5.41) is 45.1. The van der Waals surface area contributed by atoms with Crippen molar-refractivity contribution >= 4 is 116 Å². The minimum Gasteiger partial charge on any atom is -0.497 e. The number of hydrogen-bond donors (Lipinski definition) is 22. The minimum atomic E-state index is -1.97. The summed E-state index contributed by atoms with van der Waals surface area (Å²) in [5.74, 6) is -13.9. The number of imidazole rings is 1. The van der Waals surface area contributed by atoms with E-state index in [4.69, 9.17) is 56.3 Å². The van der Waals surface area contributed by atoms with Crippen LogP contribution in [0.25, 0.3) is 0 Å². The molecule has 1 aliphatic heterocycles. The fourth-order valence-electron chi connectivity index (χ4n) is 10.3. The highest BCUT2D eigenvalue weighted by atomic mass is 33.1. The minimum absolute atomic E-state index is 0.000192. The highest BCUT2D eigenvalue weighted by Crippen LogP contribution is 2.48. The number of H-pyrrole nitrogens is 1. The van der Waals surface area contributed by atoms with E-state index in [0.29, 0.717) is 42.7 Å². The van der Waals surface area contributed by atoms with Gasteiger partial charge in [0.2, 0.25) is 59.1 Å². The number of carbonyl (C=O) groups excluding carboxylic acids is 10. The third-order valence-electron chi connectivity index (χ3n) is 15.6. The molecular formula is C59H95N25O15S2. The number of aliphatic carboxylic acids is 2. The molecule has 0 radical (unpaired) electrons. The van der Waals surface area contributed by atoms with E-state index in [-0.39, 0.29) is 120 Å². The topological polar surface area (TPSA) is 687 Å². The number of carbonyl (C=O) groups is 12. The number of ether oxygens (including phenoxy) is 1. The van der Waals surface area contributed by atoms with Crippen LogP contribution in [-0.4, -0.2) is 226 Å². The van der Waals surface area contributed by atoms with Crippen LogP contribution in [0.1, 0.15) is 101 Å². The van der Waals surface area contributed by atoms with E-state index in [1.165, 1.54) is 19.6 Å². The van der Waals surface area contributed by atoms with Crippen LogP contribution in [0, 0.1) is 0 Å². The van der Waals surface area contributed by atoms with E-state index in [1.54, 1.807) is 24.3 Å². The van der Waals surface area contributed by atoms with Crippen molar-refractivity contribution in [1.82, 2.24) is 63.1 Å². The lowest BCUT2D eigenvalue weighted by Crippen LogP contribution is -2.60. The Morgan fingerprint density at radius 1 is 0.663 bits per heavy atom. The number of carboxylic acid groups (broad SMARTS) is 2. The number of amides is 10. The number of guanidine groups is 4. The lowest BCUT2D eigenvalue weighted by molar-refractivity contribution is -0.142. The fourth-order valence-corrected chi connectivity index (χ4v) is 13.8. The number of rotatable bonds is 22. The molecule has 2 heterocycles. The van der Waals surface area contributed by atoms with E-state index in [1.807, 2.05) is 0 Å². The summed E-state index contributed by atoms with van der Waals surface area (Å²) in [6.45, 7) is -1.78. The van der Waals surface area contributed by atoms with Gasteiger partial charge in [0, 0.05) is 56.7 Å². The Balaban J connectivity index is 1.81. The van der Waals surface area contributed by atoms with Crippen molar-refractivity contribution in [1.29, 1.82) is 0 Å². The van der Waals surface area contributed by atoms with E-state index in [0.717, 1.165) is 28.0 Å². The Labute approximate surface area is 589 Å². The third-order valence-corrected chi connectivity index (χ3v) is 19.0. The molecule has 2 aliphatic rings. The van der Waals surface area contributed by atoms with E-state index in [9.17, 15) is 67.7 Å². The summed E-state index contributed by atoms with van der Waals surface area (Å²) in [7, 11) is 3.59. The van der Waals surface area contributed by atoms with Crippen molar-refractivity contribution < 1.29 is 72.5 Å². The van der Waals surface area contributed by atoms with E-state index < -0.39 is 150 Å². The second kappa shape index (κ2) is 43.3. The van der Waals surface area contributed by atoms with Gasteiger partial charge in [-0.15, -0.1) is 0 Å². The maximum Gasteiger partial charge on any atom is 0.326 e. The van der Waals surface area contributed by atoms with Crippen LogP contribution in [0.2, 0.25) is 0 Å². The van der Waals surface area contributed by atoms with Gasteiger partial charge in [-0.1, -0.05) is 53.0 Å². The van der Waals surface area contributed by atoms with Crippen LogP contribution in [0.3, 0.4) is 0 Å². The molecule has 1 aliphatic carbocycles. The molecule has 1 saturated carbocycles. The number of aliphatic imine (C=N–C) groups is 4. The van der Waals surface area contributed by atoms with E-state index in [2.05, 4.69) is 83.1 Å². The second-order valence-electron chi connectivity index (χ2n) is 23.6. The lowest BCUT2D eigenvalue weighted by Gasteiger charge is -2.40. The van der Waals surface area contributed by atoms with Gasteiger partial charge in [0.1, 0.15) is 54.1 Å². The molecule has 31 N–H and O–H groups in total. The number of carboxylic acids is 2. The van der Waals surface area contributed by atoms with Crippen LogP contribution in [0.5, 0.6) is 5.75 Å². The van der Waals surface area contributed by atoms with Gasteiger partial charge in [-0.3, -0.25) is 78.0 Å². The van der Waals surface area contributed by atoms with Crippen LogP contribution in [-0.2, 0) is 70.4 Å². The van der Waals surface area contributed by atoms with Crippen molar-refractivity contribution in [2.24, 2.45) is 71.6 Å². The number of benzene rings is 1. The SMILES string of the molecule is COc1ccc(C[C@@H]2NC(=O)[C@H](CC(=O)O)NC(=O)CNC(=O)[C@H](CCCN=C(N)N)NC(=O)[C@H](Cc3cnc[nH]3)NC(=O)CNC(=O)[C@@H](N)CCCN=C(N)NC(=O)[C@H](N)C3(CCCCC3)SSC[C@@H](C(=O)N[C@@H](CCCN=C(N)N)C(=O)O)NC(=O)[C@H](CCCN=C(N)N)NC2=O)cc1. The summed E-state index contributed by atoms with van der Waals surface area (Å²) in [6, 6.07) is -7.62. The zero-order valence-electron chi connectivity index (χ0n) is 55.9. The van der Waals surface area contributed by atoms with Gasteiger partial charge >= 0.3 is 11.9 Å². The molecule has 0 saturated heterocycles. The van der Waals surface area contributed by atoms with Crippen LogP contribution in [0.4, 0.5) is 0 Å². The van der Waals surface area contributed by atoms with Crippen LogP contribution >= 0.6 is 21.6 Å². The Hall–Kier alpha value is -10.2. The summed E-state index contributed by atoms with van der Waals surface area (Å²) >= 11 is 0. The normalized spacial score (nSPS) is 22.8. The molecule has 1 fully saturated rings. The fraction of sp³-hybridized carbons (Fsp3) is 0.576. The molecule has 4 rings (SSSR count). The first-order valence-corrected chi connectivity index (χ1v) is 34.6. The first-order chi connectivity index (χ1) is 48.0. The summed E-state index contributed by atoms with van der Waals surface area (Å²) < 4.78 is 4.26. The van der Waals surface area contributed by atoms with Crippen molar-refractivity contribution in [3.8, 4) is 5.75 Å². The Morgan fingerprint density at radius 2 is 1.20 bits per heavy atom. The Bertz CT molecular complexity index is 3250. The molecule has 1 spiro atoms. The van der Waals surface area contributed by atoms with Gasteiger partial charge in [-0.05, 0) is 81.9 Å². The second-order valence-corrected chi connectivity index (χ2v) is 26.3. The highest BCUT2D eigenvalue weighted by Gasteiger charge is 2.44. The van der Waals surface area contributed by atoms with Gasteiger partial charge < -0.3 is 119 Å². The maximum atomic E-state index is 14.9. The predicted molar refractivity (Wildman–Crippen MR) is 374 cm³/mol. The van der Waals surface area contributed by atoms with Gasteiger partial charge in [-0.2, -0.15) is 0 Å². The number of nitrogens with zero attached hydrogens (tertiary/aromatic N) is 5. The maximum absolute atomic E-state index is 14.9. The Morgan fingerprint density at radius 3 is 1.75 bits per heavy atom. The van der Waals surface area contributed by atoms with Crippen molar-refractivity contribution in [3.63, 3.8) is 0 Å². The third kappa shape index (κ3) is 30.8. The largest absolute Gasteiger partial charge is 0.497 e. The average Bonchev–Trinajstić information content (AvgIpc) is 1.16. The molecule has 1 aromatic carbocycles. The molecule has 0 bridgehead atoms. The van der Waals surface area contributed by atoms with Crippen molar-refractivity contribution in [2.75, 3.05) is 52.1 Å². The summed E-state index contributed by atoms with van der Waals surface area (Å²) in [6.07, 6.45) is 3.54. The molecule has 101 heavy (non-hydrogen) atoms. The predicted octanol–water partition coefficient (Wildman–Crippen LogP) is -7.49. The first kappa shape index (κ1) is 83.2. The number of nitrogens with one attached hydrogen (secondary N) is 11. The standard InChI is InChI=1S/C59H95N25O15S2/c1-99-33-15-13-31(14-16-33)23-38-49(92)80-36(11-7-20-71-56(64)65)48(91)83-41(52(95)81-37(54(97)98)12-8-21-72-57(66)67)29-100-101-59(17-3-2-4-18-59)45(61)53(96)84-58(68)73-22-5-9-34(60)46(89)74-27-42(85)77-39(24-32-26-69-30-76-32)50(93)79-35(10-6-19-70-55(62)63)47(90)75-28-43(86)78-40(25-44(87)88)51(94)82-38/h13-16,26,30,34-41,45H,2-12,17-25,27-29,60-61H2,1H3,(H,69,76)(H,74,89)(H,75,90)(H,77,85)(H,78,86)(H,79,93)(H,80,92)(H,81,95)(H,82,94)(H,83,91)(H,87,88)(H,97,98)(H4,62,63,70)(H4,64,65,71)(H4,66,67,72)(H3,68,73,84,96)/t34-,35-,36-,37-,38-,39-,40-,41-,45-/m0/s1. The number of methoxy groups -OCH3 is 1. The molecule has 9 atom stereocenters. The summed E-state index contributed by atoms with van der Waals surface area (Å²) in [5.41, 5.74) is 53.0. The molecule has 558 valence electrons. The molecule has 0 unspecified atom stereocenters. The molecular weight excluding hydrogens is 1360 g/mol. The van der Waals surface area contributed by atoms with E-state index >= 15 is 0 Å². The molecule has 42 heteroatoms. The van der Waals surface area contributed by atoms with Gasteiger partial charge in [-0.25, -0.2) is 9.78 Å². The highest BCUT2D eigenvalue weighted by molar-refractivity contribution is 8.77. The average molecular weight is 1460 g/mol. The van der Waals surface area contributed by atoms with Gasteiger partial charge in [0.15, 0.2) is 23.8 Å². The Kier molecular flexibility index (Phi) is 35.7. The first-order valence-electron chi connectivity index (χ1n) is 32.3. The molecule has 40 nitrogen and oxygen atoms in total. The number of aromatic nitrogens is 2. The zero-order valence-corrected chi connectivity index (χ0v) is 57.5. The molecule has 10 amide bonds. The monoisotopic (exact) mass is 1460 g/mol. The van der Waals surface area contributed by atoms with Crippen molar-refractivity contribution in [2.45, 2.75) is 162 Å².